The van der Waals surface area contributed by atoms with Crippen molar-refractivity contribution in [2.75, 3.05) is 23.9 Å². The third-order valence-electron chi connectivity index (χ3n) is 2.55. The lowest BCUT2D eigenvalue weighted by molar-refractivity contribution is 0.629. The molecule has 90 valence electrons. The van der Waals surface area contributed by atoms with E-state index in [1.54, 1.807) is 12.3 Å². The highest BCUT2D eigenvalue weighted by molar-refractivity contribution is 7.98. The minimum Gasteiger partial charge on any atom is -0.384 e. The molecule has 17 heavy (non-hydrogen) atoms. The van der Waals surface area contributed by atoms with Crippen LogP contribution in [0.25, 0.3) is 10.9 Å². The molecule has 0 saturated heterocycles. The van der Waals surface area contributed by atoms with Crippen molar-refractivity contribution in [1.29, 1.82) is 0 Å². The van der Waals surface area contributed by atoms with E-state index >= 15 is 0 Å². The minimum atomic E-state index is -0.246. The first kappa shape index (κ1) is 12.2. The number of rotatable bonds is 5. The molecule has 0 amide bonds. The summed E-state index contributed by atoms with van der Waals surface area (Å²) in [4.78, 5) is 4.16. The molecular formula is C13H15FN2S. The molecule has 0 atom stereocenters. The first-order chi connectivity index (χ1) is 8.31. The highest BCUT2D eigenvalue weighted by Crippen LogP contribution is 2.22. The maximum Gasteiger partial charge on any atom is 0.125 e. The van der Waals surface area contributed by atoms with E-state index in [1.807, 2.05) is 17.8 Å². The summed E-state index contributed by atoms with van der Waals surface area (Å²) in [6, 6.07) is 6.63. The van der Waals surface area contributed by atoms with Gasteiger partial charge < -0.3 is 5.32 Å². The van der Waals surface area contributed by atoms with Crippen LogP contribution in [0.4, 0.5) is 10.1 Å². The van der Waals surface area contributed by atoms with Crippen LogP contribution in [0.15, 0.2) is 30.5 Å². The molecule has 2 aromatic rings. The van der Waals surface area contributed by atoms with E-state index in [9.17, 15) is 4.39 Å². The van der Waals surface area contributed by atoms with Crippen LogP contribution in [0.5, 0.6) is 0 Å². The van der Waals surface area contributed by atoms with Crippen molar-refractivity contribution in [3.63, 3.8) is 0 Å². The Morgan fingerprint density at radius 3 is 3.06 bits per heavy atom. The van der Waals surface area contributed by atoms with Gasteiger partial charge in [0.15, 0.2) is 0 Å². The van der Waals surface area contributed by atoms with Gasteiger partial charge in [-0.3, -0.25) is 4.98 Å². The normalized spacial score (nSPS) is 10.7. The van der Waals surface area contributed by atoms with Crippen LogP contribution in [-0.2, 0) is 0 Å². The van der Waals surface area contributed by atoms with Crippen molar-refractivity contribution < 1.29 is 4.39 Å². The summed E-state index contributed by atoms with van der Waals surface area (Å²) in [5, 5.41) is 4.34. The summed E-state index contributed by atoms with van der Waals surface area (Å²) in [6.07, 6.45) is 4.93. The summed E-state index contributed by atoms with van der Waals surface area (Å²) in [7, 11) is 0. The van der Waals surface area contributed by atoms with E-state index in [1.165, 1.54) is 12.1 Å². The fourth-order valence-electron chi connectivity index (χ4n) is 1.71. The summed E-state index contributed by atoms with van der Waals surface area (Å²) in [5.41, 5.74) is 1.72. The second-order valence-electron chi connectivity index (χ2n) is 3.79. The summed E-state index contributed by atoms with van der Waals surface area (Å²) in [6.45, 7) is 0.928. The van der Waals surface area contributed by atoms with E-state index in [-0.39, 0.29) is 5.82 Å². The Morgan fingerprint density at radius 1 is 1.35 bits per heavy atom. The van der Waals surface area contributed by atoms with Crippen molar-refractivity contribution in [3.8, 4) is 0 Å². The molecule has 0 aliphatic heterocycles. The van der Waals surface area contributed by atoms with Gasteiger partial charge in [0.25, 0.3) is 0 Å². The van der Waals surface area contributed by atoms with Crippen LogP contribution in [0.3, 0.4) is 0 Å². The number of pyridine rings is 1. The van der Waals surface area contributed by atoms with Gasteiger partial charge in [0.1, 0.15) is 5.82 Å². The van der Waals surface area contributed by atoms with Crippen LogP contribution in [-0.4, -0.2) is 23.5 Å². The fourth-order valence-corrected chi connectivity index (χ4v) is 2.15. The van der Waals surface area contributed by atoms with Crippen LogP contribution >= 0.6 is 11.8 Å². The third kappa shape index (κ3) is 3.09. The molecule has 2 rings (SSSR count). The molecule has 1 aromatic carbocycles. The van der Waals surface area contributed by atoms with Gasteiger partial charge in [-0.25, -0.2) is 4.39 Å². The molecule has 1 N–H and O–H groups in total. The Bertz CT molecular complexity index is 502. The number of fused-ring (bicyclic) bond motifs is 1. The van der Waals surface area contributed by atoms with Crippen molar-refractivity contribution in [3.05, 3.63) is 36.3 Å². The first-order valence-electron chi connectivity index (χ1n) is 5.58. The number of halogens is 1. The van der Waals surface area contributed by atoms with Crippen LogP contribution in [0.2, 0.25) is 0 Å². The molecule has 0 unspecified atom stereocenters. The van der Waals surface area contributed by atoms with E-state index in [0.29, 0.717) is 5.52 Å². The van der Waals surface area contributed by atoms with Gasteiger partial charge >= 0.3 is 0 Å². The number of benzene rings is 1. The SMILES string of the molecule is CSCCCNc1ccnc2cc(F)ccc12. The largest absolute Gasteiger partial charge is 0.384 e. The van der Waals surface area contributed by atoms with Crippen LogP contribution in [0.1, 0.15) is 6.42 Å². The summed E-state index contributed by atoms with van der Waals surface area (Å²) < 4.78 is 13.1. The standard InChI is InChI=1S/C13H15FN2S/c1-17-8-2-6-15-12-5-7-16-13-9-10(14)3-4-11(12)13/h3-5,7,9H,2,6,8H2,1H3,(H,15,16). The molecule has 1 heterocycles. The number of anilines is 1. The van der Waals surface area contributed by atoms with E-state index in [2.05, 4.69) is 16.6 Å². The fraction of sp³-hybridized carbons (Fsp3) is 0.308. The number of thioether (sulfide) groups is 1. The zero-order valence-electron chi connectivity index (χ0n) is 9.74. The van der Waals surface area contributed by atoms with Crippen molar-refractivity contribution in [2.45, 2.75) is 6.42 Å². The maximum atomic E-state index is 13.1. The Morgan fingerprint density at radius 2 is 2.24 bits per heavy atom. The van der Waals surface area contributed by atoms with Gasteiger partial charge in [-0.2, -0.15) is 11.8 Å². The molecule has 0 aliphatic rings. The smallest absolute Gasteiger partial charge is 0.125 e. The van der Waals surface area contributed by atoms with Gasteiger partial charge in [0.2, 0.25) is 0 Å². The second kappa shape index (κ2) is 5.87. The zero-order valence-corrected chi connectivity index (χ0v) is 10.6. The summed E-state index contributed by atoms with van der Waals surface area (Å²) in [5.74, 6) is 0.898. The quantitative estimate of drug-likeness (QED) is 0.822. The summed E-state index contributed by atoms with van der Waals surface area (Å²) >= 11 is 1.84. The molecule has 0 saturated carbocycles. The average Bonchev–Trinajstić information content (AvgIpc) is 2.34. The van der Waals surface area contributed by atoms with Gasteiger partial charge in [-0.1, -0.05) is 0 Å². The number of hydrogen-bond donors (Lipinski definition) is 1. The van der Waals surface area contributed by atoms with Gasteiger partial charge in [-0.05, 0) is 36.6 Å². The van der Waals surface area contributed by atoms with Gasteiger partial charge in [0, 0.05) is 29.9 Å². The Kier molecular flexibility index (Phi) is 4.20. The average molecular weight is 250 g/mol. The third-order valence-corrected chi connectivity index (χ3v) is 3.24. The van der Waals surface area contributed by atoms with Gasteiger partial charge in [0.05, 0.1) is 5.52 Å². The molecular weight excluding hydrogens is 235 g/mol. The topological polar surface area (TPSA) is 24.9 Å². The highest BCUT2D eigenvalue weighted by atomic mass is 32.2. The molecule has 0 aliphatic carbocycles. The van der Waals surface area contributed by atoms with Crippen molar-refractivity contribution in [1.82, 2.24) is 4.98 Å². The van der Waals surface area contributed by atoms with Crippen molar-refractivity contribution in [2.24, 2.45) is 0 Å². The molecule has 0 spiro atoms. The highest BCUT2D eigenvalue weighted by Gasteiger charge is 2.02. The lowest BCUT2D eigenvalue weighted by Gasteiger charge is -2.08. The predicted octanol–water partition coefficient (Wildman–Crippen LogP) is 3.54. The maximum absolute atomic E-state index is 13.1. The molecule has 1 aromatic heterocycles. The molecule has 0 radical (unpaired) electrons. The minimum absolute atomic E-state index is 0.246. The lowest BCUT2D eigenvalue weighted by Crippen LogP contribution is -2.03. The molecule has 4 heteroatoms. The Hall–Kier alpha value is -1.29. The van der Waals surface area contributed by atoms with E-state index < -0.39 is 0 Å². The molecule has 0 bridgehead atoms. The monoisotopic (exact) mass is 250 g/mol. The lowest BCUT2D eigenvalue weighted by atomic mass is 10.2. The van der Waals surface area contributed by atoms with Crippen molar-refractivity contribution >= 4 is 28.4 Å². The van der Waals surface area contributed by atoms with Crippen LogP contribution in [0, 0.1) is 5.82 Å². The van der Waals surface area contributed by atoms with E-state index in [4.69, 9.17) is 0 Å². The van der Waals surface area contributed by atoms with Crippen LogP contribution < -0.4 is 5.32 Å². The predicted molar refractivity (Wildman–Crippen MR) is 73.2 cm³/mol. The number of nitrogens with zero attached hydrogens (tertiary/aromatic N) is 1. The number of nitrogens with one attached hydrogen (secondary N) is 1. The molecule has 2 nitrogen and oxygen atoms in total. The number of hydrogen-bond acceptors (Lipinski definition) is 3. The molecule has 0 fully saturated rings. The second-order valence-corrected chi connectivity index (χ2v) is 4.78. The number of aromatic nitrogens is 1. The van der Waals surface area contributed by atoms with Gasteiger partial charge in [-0.15, -0.1) is 0 Å². The Labute approximate surface area is 105 Å². The zero-order chi connectivity index (χ0) is 12.1. The Balaban J connectivity index is 2.16. The first-order valence-corrected chi connectivity index (χ1v) is 6.98. The van der Waals surface area contributed by atoms with E-state index in [0.717, 1.165) is 29.8 Å².